The summed E-state index contributed by atoms with van der Waals surface area (Å²) in [7, 11) is 0. The van der Waals surface area contributed by atoms with Gasteiger partial charge in [-0.05, 0) is 69.5 Å². The molecule has 1 fully saturated rings. The van der Waals surface area contributed by atoms with E-state index in [1.54, 1.807) is 0 Å². The summed E-state index contributed by atoms with van der Waals surface area (Å²) < 4.78 is 5.76. The number of benzene rings is 1. The average Bonchev–Trinajstić information content (AvgIpc) is 2.41. The molecule has 1 heterocycles. The monoisotopic (exact) mass is 281 g/mol. The predicted molar refractivity (Wildman–Crippen MR) is 81.0 cm³/mol. The molecule has 1 aliphatic heterocycles. The van der Waals surface area contributed by atoms with Gasteiger partial charge in [0.2, 0.25) is 0 Å². The molecule has 1 aliphatic rings. The minimum Gasteiger partial charge on any atom is -0.494 e. The van der Waals surface area contributed by atoms with Gasteiger partial charge in [-0.1, -0.05) is 18.5 Å². The highest BCUT2D eigenvalue weighted by Gasteiger charge is 2.19. The van der Waals surface area contributed by atoms with Crippen LogP contribution in [0.2, 0.25) is 5.02 Å². The Kier molecular flexibility index (Phi) is 5.53. The van der Waals surface area contributed by atoms with E-state index in [9.17, 15) is 0 Å². The lowest BCUT2D eigenvalue weighted by molar-refractivity contribution is 0.128. The predicted octanol–water partition coefficient (Wildman–Crippen LogP) is 4.23. The van der Waals surface area contributed by atoms with Crippen molar-refractivity contribution in [2.75, 3.05) is 19.7 Å². The van der Waals surface area contributed by atoms with Gasteiger partial charge in [-0.3, -0.25) is 0 Å². The van der Waals surface area contributed by atoms with Gasteiger partial charge in [0, 0.05) is 11.1 Å². The third kappa shape index (κ3) is 4.70. The fourth-order valence-electron chi connectivity index (χ4n) is 2.53. The lowest BCUT2D eigenvalue weighted by Crippen LogP contribution is -2.40. The molecule has 3 heteroatoms. The van der Waals surface area contributed by atoms with Gasteiger partial charge in [0.15, 0.2) is 0 Å². The van der Waals surface area contributed by atoms with Crippen LogP contribution >= 0.6 is 11.6 Å². The first kappa shape index (κ1) is 14.7. The van der Waals surface area contributed by atoms with E-state index in [0.29, 0.717) is 6.04 Å². The van der Waals surface area contributed by atoms with Crippen LogP contribution in [0.25, 0.3) is 0 Å². The van der Waals surface area contributed by atoms with Crippen molar-refractivity contribution in [2.24, 2.45) is 5.92 Å². The molecule has 1 aromatic carbocycles. The average molecular weight is 282 g/mol. The number of halogens is 1. The van der Waals surface area contributed by atoms with Crippen LogP contribution in [0, 0.1) is 5.92 Å². The van der Waals surface area contributed by atoms with Crippen molar-refractivity contribution in [2.45, 2.75) is 39.2 Å². The van der Waals surface area contributed by atoms with Crippen molar-refractivity contribution in [1.29, 1.82) is 0 Å². The van der Waals surface area contributed by atoms with Crippen molar-refractivity contribution in [1.82, 2.24) is 4.90 Å². The van der Waals surface area contributed by atoms with Gasteiger partial charge in [0.1, 0.15) is 5.75 Å². The van der Waals surface area contributed by atoms with Crippen molar-refractivity contribution >= 4 is 11.6 Å². The molecular weight excluding hydrogens is 258 g/mol. The van der Waals surface area contributed by atoms with Gasteiger partial charge >= 0.3 is 0 Å². The molecule has 106 valence electrons. The molecule has 19 heavy (non-hydrogen) atoms. The maximum atomic E-state index is 5.85. The van der Waals surface area contributed by atoms with Crippen LogP contribution in [0.15, 0.2) is 24.3 Å². The van der Waals surface area contributed by atoms with Crippen LogP contribution in [0.5, 0.6) is 5.75 Å². The summed E-state index contributed by atoms with van der Waals surface area (Å²) in [4.78, 5) is 2.59. The van der Waals surface area contributed by atoms with Gasteiger partial charge in [0.25, 0.3) is 0 Å². The first-order valence-electron chi connectivity index (χ1n) is 7.27. The highest BCUT2D eigenvalue weighted by molar-refractivity contribution is 6.30. The lowest BCUT2D eigenvalue weighted by atomic mass is 9.98. The Labute approximate surface area is 121 Å². The van der Waals surface area contributed by atoms with Gasteiger partial charge in [-0.15, -0.1) is 0 Å². The number of nitrogens with zero attached hydrogens (tertiary/aromatic N) is 1. The summed E-state index contributed by atoms with van der Waals surface area (Å²) in [5.41, 5.74) is 0. The Balaban J connectivity index is 1.69. The lowest BCUT2D eigenvalue weighted by Gasteiger charge is -2.34. The van der Waals surface area contributed by atoms with Gasteiger partial charge in [0.05, 0.1) is 6.61 Å². The maximum Gasteiger partial charge on any atom is 0.119 e. The zero-order chi connectivity index (χ0) is 13.7. The third-order valence-electron chi connectivity index (χ3n) is 4.06. The molecule has 0 N–H and O–H groups in total. The second-order valence-corrected chi connectivity index (χ2v) is 6.10. The molecule has 0 saturated carbocycles. The molecule has 0 unspecified atom stereocenters. The fraction of sp³-hybridized carbons (Fsp3) is 0.625. The first-order chi connectivity index (χ1) is 9.15. The molecule has 1 aromatic rings. The summed E-state index contributed by atoms with van der Waals surface area (Å²) in [6.07, 6.45) is 3.75. The minimum atomic E-state index is 0.611. The van der Waals surface area contributed by atoms with Crippen LogP contribution in [0.3, 0.4) is 0 Å². The maximum absolute atomic E-state index is 5.85. The topological polar surface area (TPSA) is 12.5 Å². The zero-order valence-electron chi connectivity index (χ0n) is 11.9. The van der Waals surface area contributed by atoms with E-state index in [-0.39, 0.29) is 0 Å². The number of rotatable bonds is 5. The first-order valence-corrected chi connectivity index (χ1v) is 7.65. The molecule has 0 amide bonds. The van der Waals surface area contributed by atoms with Gasteiger partial charge in [-0.25, -0.2) is 0 Å². The Morgan fingerprint density at radius 3 is 2.53 bits per heavy atom. The number of likely N-dealkylation sites (tertiary alicyclic amines) is 1. The standard InChI is InChI=1S/C16H24ClNO/c1-13-7-10-18(11-8-13)14(2)9-12-19-16-5-3-15(17)4-6-16/h3-6,13-14H,7-12H2,1-2H3/t14-/m0/s1. The van der Waals surface area contributed by atoms with E-state index in [0.717, 1.165) is 29.7 Å². The van der Waals surface area contributed by atoms with Crippen molar-refractivity contribution in [3.05, 3.63) is 29.3 Å². The number of hydrogen-bond donors (Lipinski definition) is 0. The second kappa shape index (κ2) is 7.16. The zero-order valence-corrected chi connectivity index (χ0v) is 12.7. The van der Waals surface area contributed by atoms with Crippen molar-refractivity contribution in [3.63, 3.8) is 0 Å². The second-order valence-electron chi connectivity index (χ2n) is 5.66. The van der Waals surface area contributed by atoms with Gasteiger partial charge < -0.3 is 9.64 Å². The quantitative estimate of drug-likeness (QED) is 0.801. The van der Waals surface area contributed by atoms with Crippen molar-refractivity contribution in [3.8, 4) is 5.75 Å². The number of hydrogen-bond acceptors (Lipinski definition) is 2. The highest BCUT2D eigenvalue weighted by Crippen LogP contribution is 2.20. The van der Waals surface area contributed by atoms with Crippen LogP contribution in [0.1, 0.15) is 33.1 Å². The molecule has 2 nitrogen and oxygen atoms in total. The SMILES string of the molecule is CC1CCN([C@@H](C)CCOc2ccc(Cl)cc2)CC1. The largest absolute Gasteiger partial charge is 0.494 e. The molecule has 0 radical (unpaired) electrons. The summed E-state index contributed by atoms with van der Waals surface area (Å²) in [6, 6.07) is 8.20. The van der Waals surface area contributed by atoms with Crippen LogP contribution in [-0.2, 0) is 0 Å². The molecule has 1 saturated heterocycles. The van der Waals surface area contributed by atoms with E-state index in [1.807, 2.05) is 24.3 Å². The Morgan fingerprint density at radius 2 is 1.89 bits per heavy atom. The minimum absolute atomic E-state index is 0.611. The van der Waals surface area contributed by atoms with Gasteiger partial charge in [-0.2, -0.15) is 0 Å². The molecule has 0 aliphatic carbocycles. The van der Waals surface area contributed by atoms with E-state index in [4.69, 9.17) is 16.3 Å². The number of piperidine rings is 1. The van der Waals surface area contributed by atoms with Crippen molar-refractivity contribution < 1.29 is 4.74 Å². The summed E-state index contributed by atoms with van der Waals surface area (Å²) >= 11 is 5.85. The normalized spacial score (nSPS) is 19.3. The summed E-state index contributed by atoms with van der Waals surface area (Å²) in [5.74, 6) is 1.80. The van der Waals surface area contributed by atoms with E-state index < -0.39 is 0 Å². The fourth-order valence-corrected chi connectivity index (χ4v) is 2.66. The van der Waals surface area contributed by atoms with E-state index >= 15 is 0 Å². The number of ether oxygens (including phenoxy) is 1. The van der Waals surface area contributed by atoms with E-state index in [1.165, 1.54) is 25.9 Å². The molecule has 1 atom stereocenters. The summed E-state index contributed by atoms with van der Waals surface area (Å²) in [5, 5.41) is 0.753. The smallest absolute Gasteiger partial charge is 0.119 e. The third-order valence-corrected chi connectivity index (χ3v) is 4.31. The molecule has 2 rings (SSSR count). The molecule has 0 aromatic heterocycles. The van der Waals surface area contributed by atoms with Crippen LogP contribution < -0.4 is 4.74 Å². The summed E-state index contributed by atoms with van der Waals surface area (Å²) in [6.45, 7) is 7.91. The van der Waals surface area contributed by atoms with Crippen LogP contribution in [-0.4, -0.2) is 30.6 Å². The Morgan fingerprint density at radius 1 is 1.26 bits per heavy atom. The van der Waals surface area contributed by atoms with Crippen LogP contribution in [0.4, 0.5) is 0 Å². The molecular formula is C16H24ClNO. The molecule has 0 bridgehead atoms. The Bertz CT molecular complexity index is 371. The Hall–Kier alpha value is -0.730. The van der Waals surface area contributed by atoms with E-state index in [2.05, 4.69) is 18.7 Å². The molecule has 0 spiro atoms. The highest BCUT2D eigenvalue weighted by atomic mass is 35.5.